The van der Waals surface area contributed by atoms with E-state index < -0.39 is 0 Å². The van der Waals surface area contributed by atoms with Crippen molar-refractivity contribution in [2.24, 2.45) is 0 Å². The molecule has 0 nitrogen and oxygen atoms in total. The van der Waals surface area contributed by atoms with Gasteiger partial charge in [0.15, 0.2) is 0 Å². The molecule has 0 bridgehead atoms. The first-order valence-corrected chi connectivity index (χ1v) is 20.8. The van der Waals surface area contributed by atoms with Gasteiger partial charge in [-0.15, -0.1) is 92.3 Å². The molecule has 0 heterocycles. The fourth-order valence-corrected chi connectivity index (χ4v) is 8.18. The second-order valence-corrected chi connectivity index (χ2v) is 16.4. The quantitative estimate of drug-likeness (QED) is 0.140. The van der Waals surface area contributed by atoms with Crippen molar-refractivity contribution < 1.29 is 73.3 Å². The van der Waals surface area contributed by atoms with Crippen molar-refractivity contribution in [3.63, 3.8) is 0 Å². The van der Waals surface area contributed by atoms with Gasteiger partial charge >= 0.3 is 119 Å². The zero-order valence-electron chi connectivity index (χ0n) is 30.1. The Hall–Kier alpha value is -2.33. The van der Waals surface area contributed by atoms with Gasteiger partial charge in [-0.25, -0.2) is 24.3 Å². The molecule has 0 spiro atoms. The zero-order chi connectivity index (χ0) is 34.6. The molecule has 4 aliphatic carbocycles. The van der Waals surface area contributed by atoms with Crippen LogP contribution < -0.4 is 24.8 Å². The van der Waals surface area contributed by atoms with Gasteiger partial charge in [0.2, 0.25) is 0 Å². The Morgan fingerprint density at radius 2 is 0.692 bits per heavy atom. The molecular formula is C48H48Cl2Zr2-2. The Morgan fingerprint density at radius 1 is 0.404 bits per heavy atom. The second-order valence-electron chi connectivity index (χ2n) is 13.0. The molecule has 0 radical (unpaired) electrons. The van der Waals surface area contributed by atoms with Crippen LogP contribution in [0.3, 0.4) is 0 Å². The molecule has 4 aliphatic rings. The molecule has 0 N–H and O–H groups in total. The summed E-state index contributed by atoms with van der Waals surface area (Å²) in [5.41, 5.74) is 0. The number of benzene rings is 4. The summed E-state index contributed by atoms with van der Waals surface area (Å²) >= 11 is 3.38. The smallest absolute Gasteiger partial charge is 0.0771 e. The zero-order valence-corrected chi connectivity index (χ0v) is 36.5. The van der Waals surface area contributed by atoms with E-state index in [0.717, 1.165) is 12.8 Å². The molecule has 52 heavy (non-hydrogen) atoms. The van der Waals surface area contributed by atoms with Gasteiger partial charge in [-0.1, -0.05) is 72.8 Å². The SMILES string of the molecule is [C-]1=CC=CC1.[C-]1=CC=CC1.[Cl-].[Cl-].[Zr+2]=[C]1CCCCC1.[Zr+2]=[C]1CCCCC1.c1ccc2c(c1)[cH-]c1ccccc12.c1ccc2c(c1)[cH-]c1ccccc12. The maximum Gasteiger partial charge on any atom is -0.0771 e. The summed E-state index contributed by atoms with van der Waals surface area (Å²) in [6.45, 7) is 0. The summed E-state index contributed by atoms with van der Waals surface area (Å²) in [6, 6.07) is 38.5. The van der Waals surface area contributed by atoms with Crippen LogP contribution in [0, 0.1) is 12.2 Å². The van der Waals surface area contributed by atoms with Crippen LogP contribution in [0.4, 0.5) is 0 Å². The minimum atomic E-state index is 0. The Morgan fingerprint density at radius 3 is 0.885 bits per heavy atom. The van der Waals surface area contributed by atoms with E-state index in [0.29, 0.717) is 0 Å². The van der Waals surface area contributed by atoms with Crippen LogP contribution in [-0.2, 0) is 48.5 Å². The van der Waals surface area contributed by atoms with Crippen LogP contribution in [0.1, 0.15) is 77.0 Å². The van der Waals surface area contributed by atoms with E-state index in [2.05, 4.69) is 133 Å². The standard InChI is InChI=1S/2C13H9.2C6H10.2C5H5.2ClH.2Zr/c2*1-3-7-12-10(5-1)9-11-6-2-4-8-13(11)12;2*1-2-4-6-5-3-1;2*1-2-4-5-3-1;;;;/h2*1-9H;2*1-5H2;2*1-3H,4H2;2*1H;;/q2*-1;;;2*-1;;;2*+2/p-2. The topological polar surface area (TPSA) is 0 Å². The van der Waals surface area contributed by atoms with E-state index in [-0.39, 0.29) is 24.8 Å². The van der Waals surface area contributed by atoms with E-state index in [1.54, 1.807) is 54.9 Å². The number of halogens is 2. The molecule has 6 aromatic rings. The third-order valence-electron chi connectivity index (χ3n) is 9.13. The summed E-state index contributed by atoms with van der Waals surface area (Å²) in [6.07, 6.45) is 34.6. The summed E-state index contributed by atoms with van der Waals surface area (Å²) in [5.74, 6) is 0. The number of hydrogen-bond donors (Lipinski definition) is 0. The molecule has 2 saturated carbocycles. The number of rotatable bonds is 0. The fourth-order valence-electron chi connectivity index (χ4n) is 6.45. The third-order valence-corrected chi connectivity index (χ3v) is 11.6. The number of hydrogen-bond acceptors (Lipinski definition) is 0. The molecule has 0 unspecified atom stereocenters. The molecule has 10 rings (SSSR count). The molecule has 6 aromatic carbocycles. The van der Waals surface area contributed by atoms with E-state index in [4.69, 9.17) is 0 Å². The average molecular weight is 878 g/mol. The maximum atomic E-state index is 2.99. The van der Waals surface area contributed by atoms with Gasteiger partial charge in [0.05, 0.1) is 0 Å². The minimum Gasteiger partial charge on any atom is -0.126 e. The minimum absolute atomic E-state index is 0. The molecule has 2 fully saturated rings. The Kier molecular flexibility index (Phi) is 21.7. The molecular weight excluding hydrogens is 830 g/mol. The van der Waals surface area contributed by atoms with Crippen molar-refractivity contribution in [3.8, 4) is 0 Å². The van der Waals surface area contributed by atoms with Crippen molar-refractivity contribution in [2.75, 3.05) is 0 Å². The van der Waals surface area contributed by atoms with Crippen molar-refractivity contribution in [1.29, 1.82) is 0 Å². The van der Waals surface area contributed by atoms with Crippen LogP contribution in [0.5, 0.6) is 0 Å². The summed E-state index contributed by atoms with van der Waals surface area (Å²) in [7, 11) is 0. The maximum absolute atomic E-state index is 2.99. The molecule has 4 heteroatoms. The summed E-state index contributed by atoms with van der Waals surface area (Å²) < 4.78 is 3.61. The average Bonchev–Trinajstić information content (AvgIpc) is 4.02. The molecule has 0 atom stereocenters. The van der Waals surface area contributed by atoms with Gasteiger partial charge in [0, 0.05) is 0 Å². The van der Waals surface area contributed by atoms with Crippen LogP contribution in [0.2, 0.25) is 0 Å². The molecule has 0 aromatic heterocycles. The monoisotopic (exact) mass is 874 g/mol. The van der Waals surface area contributed by atoms with Crippen molar-refractivity contribution in [1.82, 2.24) is 0 Å². The molecule has 0 aliphatic heterocycles. The largest absolute Gasteiger partial charge is 0.126 e. The van der Waals surface area contributed by atoms with E-state index in [1.807, 2.05) is 24.3 Å². The first-order chi connectivity index (χ1) is 24.7. The van der Waals surface area contributed by atoms with Crippen LogP contribution in [0.25, 0.3) is 43.1 Å². The first-order valence-electron chi connectivity index (χ1n) is 18.3. The van der Waals surface area contributed by atoms with Gasteiger partial charge in [0.25, 0.3) is 0 Å². The third kappa shape index (κ3) is 14.8. The second kappa shape index (κ2) is 25.6. The summed E-state index contributed by atoms with van der Waals surface area (Å²) in [4.78, 5) is 0. The van der Waals surface area contributed by atoms with Gasteiger partial charge in [-0.05, 0) is 0 Å². The van der Waals surface area contributed by atoms with Crippen molar-refractivity contribution >= 4 is 49.5 Å². The van der Waals surface area contributed by atoms with E-state index in [9.17, 15) is 0 Å². The van der Waals surface area contributed by atoms with Gasteiger partial charge in [-0.3, -0.25) is 12.2 Å². The Labute approximate surface area is 354 Å². The molecule has 264 valence electrons. The van der Waals surface area contributed by atoms with Crippen LogP contribution in [0.15, 0.2) is 146 Å². The number of allylic oxidation sites excluding steroid dienone is 8. The number of fused-ring (bicyclic) bond motifs is 6. The predicted octanol–water partition coefficient (Wildman–Crippen LogP) is 7.38. The normalized spacial score (nSPS) is 15.1. The van der Waals surface area contributed by atoms with Crippen LogP contribution in [-0.4, -0.2) is 6.41 Å². The molecule has 0 saturated heterocycles. The van der Waals surface area contributed by atoms with Crippen LogP contribution >= 0.6 is 0 Å². The summed E-state index contributed by atoms with van der Waals surface area (Å²) in [5, 5.41) is 10.8. The van der Waals surface area contributed by atoms with E-state index in [1.165, 1.54) is 107 Å². The fraction of sp³-hybridized carbons (Fsp3) is 0.250. The van der Waals surface area contributed by atoms with Crippen molar-refractivity contribution in [3.05, 3.63) is 158 Å². The molecule has 0 amide bonds. The van der Waals surface area contributed by atoms with Gasteiger partial charge in [-0.2, -0.15) is 12.2 Å². The predicted molar refractivity (Wildman–Crippen MR) is 213 cm³/mol. The van der Waals surface area contributed by atoms with E-state index >= 15 is 0 Å². The Bertz CT molecular complexity index is 1780. The Balaban J connectivity index is 0.000000175. The van der Waals surface area contributed by atoms with Crippen molar-refractivity contribution in [2.45, 2.75) is 77.0 Å². The van der Waals surface area contributed by atoms with Gasteiger partial charge < -0.3 is 24.8 Å². The van der Waals surface area contributed by atoms with Gasteiger partial charge in [0.1, 0.15) is 0 Å². The first kappa shape index (κ1) is 44.1.